The van der Waals surface area contributed by atoms with Gasteiger partial charge in [-0.1, -0.05) is 0 Å². The monoisotopic (exact) mass is 270 g/mol. The van der Waals surface area contributed by atoms with E-state index in [9.17, 15) is 9.59 Å². The molecule has 2 amide bonds. The number of rotatable bonds is 7. The number of nitrogens with zero attached hydrogens (tertiary/aromatic N) is 1. The molecule has 1 saturated heterocycles. The molecular formula is C13H26N4O2. The number of carbonyl (C=O) groups excluding carboxylic acids is 2. The van der Waals surface area contributed by atoms with Crippen molar-refractivity contribution in [2.45, 2.75) is 19.8 Å². The molecule has 110 valence electrons. The molecule has 3 N–H and O–H groups in total. The highest BCUT2D eigenvalue weighted by atomic mass is 16.2. The number of likely N-dealkylation sites (N-methyl/N-ethyl adjacent to an activating group) is 1. The van der Waals surface area contributed by atoms with Gasteiger partial charge in [0.05, 0.1) is 6.54 Å². The van der Waals surface area contributed by atoms with E-state index >= 15 is 0 Å². The van der Waals surface area contributed by atoms with Gasteiger partial charge in [-0.25, -0.2) is 0 Å². The molecule has 6 nitrogen and oxygen atoms in total. The highest BCUT2D eigenvalue weighted by Crippen LogP contribution is 2.10. The van der Waals surface area contributed by atoms with Crippen LogP contribution in [0.25, 0.3) is 0 Å². The first kappa shape index (κ1) is 15.9. The molecule has 1 atom stereocenters. The van der Waals surface area contributed by atoms with Crippen LogP contribution in [-0.4, -0.2) is 63.0 Å². The van der Waals surface area contributed by atoms with Crippen molar-refractivity contribution in [3.05, 3.63) is 0 Å². The van der Waals surface area contributed by atoms with Gasteiger partial charge in [0.15, 0.2) is 0 Å². The maximum atomic E-state index is 11.7. The van der Waals surface area contributed by atoms with Crippen LogP contribution in [0.2, 0.25) is 0 Å². The second kappa shape index (κ2) is 8.87. The lowest BCUT2D eigenvalue weighted by Crippen LogP contribution is -2.42. The molecule has 0 aromatic rings. The Balaban J connectivity index is 2.07. The third-order valence-corrected chi connectivity index (χ3v) is 3.20. The highest BCUT2D eigenvalue weighted by molar-refractivity contribution is 5.78. The lowest BCUT2D eigenvalue weighted by Gasteiger charge is -2.27. The Kier molecular flexibility index (Phi) is 7.43. The van der Waals surface area contributed by atoms with Crippen LogP contribution in [0.3, 0.4) is 0 Å². The maximum absolute atomic E-state index is 11.7. The van der Waals surface area contributed by atoms with E-state index in [2.05, 4.69) is 20.9 Å². The maximum Gasteiger partial charge on any atom is 0.234 e. The molecule has 1 aliphatic rings. The van der Waals surface area contributed by atoms with Crippen LogP contribution in [-0.2, 0) is 9.59 Å². The average Bonchev–Trinajstić information content (AvgIpc) is 2.35. The molecule has 1 aliphatic heterocycles. The number of piperidine rings is 1. The minimum absolute atomic E-state index is 0.0108. The standard InChI is InChI=1S/C13H26N4O2/c1-11(18)15-6-7-16-13(19)10-17(2)9-12-4-3-5-14-8-12/h12,14H,3-10H2,1-2H3,(H,15,18)(H,16,19). The van der Waals surface area contributed by atoms with Gasteiger partial charge in [-0.2, -0.15) is 0 Å². The SMILES string of the molecule is CC(=O)NCCNC(=O)CN(C)CC1CCCNC1. The van der Waals surface area contributed by atoms with Crippen molar-refractivity contribution < 1.29 is 9.59 Å². The quantitative estimate of drug-likeness (QED) is 0.528. The zero-order chi connectivity index (χ0) is 14.1. The van der Waals surface area contributed by atoms with Crippen molar-refractivity contribution in [1.29, 1.82) is 0 Å². The van der Waals surface area contributed by atoms with Gasteiger partial charge in [0.1, 0.15) is 0 Å². The Morgan fingerprint density at radius 3 is 2.68 bits per heavy atom. The first-order valence-corrected chi connectivity index (χ1v) is 6.98. The summed E-state index contributed by atoms with van der Waals surface area (Å²) in [5.74, 6) is 0.582. The fourth-order valence-corrected chi connectivity index (χ4v) is 2.33. The molecule has 1 fully saturated rings. The van der Waals surface area contributed by atoms with Crippen LogP contribution in [0.5, 0.6) is 0 Å². The number of nitrogens with one attached hydrogen (secondary N) is 3. The third-order valence-electron chi connectivity index (χ3n) is 3.20. The molecule has 6 heteroatoms. The second-order valence-electron chi connectivity index (χ2n) is 5.24. The molecule has 0 aliphatic carbocycles. The average molecular weight is 270 g/mol. The molecule has 0 spiro atoms. The van der Waals surface area contributed by atoms with Gasteiger partial charge in [-0.15, -0.1) is 0 Å². The summed E-state index contributed by atoms with van der Waals surface area (Å²) in [5, 5.41) is 8.82. The highest BCUT2D eigenvalue weighted by Gasteiger charge is 2.16. The minimum atomic E-state index is -0.0730. The zero-order valence-electron chi connectivity index (χ0n) is 12.0. The lowest BCUT2D eigenvalue weighted by molar-refractivity contribution is -0.122. The summed E-state index contributed by atoms with van der Waals surface area (Å²) < 4.78 is 0. The van der Waals surface area contributed by atoms with E-state index in [-0.39, 0.29) is 11.8 Å². The van der Waals surface area contributed by atoms with Crippen molar-refractivity contribution in [1.82, 2.24) is 20.9 Å². The first-order valence-electron chi connectivity index (χ1n) is 6.98. The van der Waals surface area contributed by atoms with Gasteiger partial charge < -0.3 is 16.0 Å². The van der Waals surface area contributed by atoms with Crippen molar-refractivity contribution in [3.63, 3.8) is 0 Å². The molecule has 1 heterocycles. The Bertz CT molecular complexity index is 290. The molecule has 0 saturated carbocycles. The second-order valence-corrected chi connectivity index (χ2v) is 5.24. The van der Waals surface area contributed by atoms with Gasteiger partial charge in [0.25, 0.3) is 0 Å². The van der Waals surface area contributed by atoms with Crippen molar-refractivity contribution >= 4 is 11.8 Å². The molecular weight excluding hydrogens is 244 g/mol. The van der Waals surface area contributed by atoms with Crippen LogP contribution < -0.4 is 16.0 Å². The van der Waals surface area contributed by atoms with Gasteiger partial charge in [0.2, 0.25) is 11.8 Å². The predicted octanol–water partition coefficient (Wildman–Crippen LogP) is -0.830. The zero-order valence-corrected chi connectivity index (χ0v) is 12.0. The van der Waals surface area contributed by atoms with Gasteiger partial charge >= 0.3 is 0 Å². The van der Waals surface area contributed by atoms with Gasteiger partial charge in [0, 0.05) is 26.6 Å². The minimum Gasteiger partial charge on any atom is -0.355 e. The fourth-order valence-electron chi connectivity index (χ4n) is 2.33. The Morgan fingerprint density at radius 1 is 1.32 bits per heavy atom. The summed E-state index contributed by atoms with van der Waals surface area (Å²) in [6.45, 7) is 5.96. The third kappa shape index (κ3) is 7.79. The van der Waals surface area contributed by atoms with Crippen LogP contribution in [0, 0.1) is 5.92 Å². The Morgan fingerprint density at radius 2 is 2.05 bits per heavy atom. The van der Waals surface area contributed by atoms with E-state index in [1.54, 1.807) is 0 Å². The van der Waals surface area contributed by atoms with Crippen molar-refractivity contribution in [3.8, 4) is 0 Å². The normalized spacial score (nSPS) is 19.2. The molecule has 1 unspecified atom stereocenters. The van der Waals surface area contributed by atoms with Crippen LogP contribution >= 0.6 is 0 Å². The Labute approximate surface area is 115 Å². The molecule has 0 aromatic carbocycles. The smallest absolute Gasteiger partial charge is 0.234 e. The van der Waals surface area contributed by atoms with Crippen LogP contribution in [0.4, 0.5) is 0 Å². The van der Waals surface area contributed by atoms with E-state index < -0.39 is 0 Å². The van der Waals surface area contributed by atoms with E-state index in [4.69, 9.17) is 0 Å². The number of hydrogen-bond acceptors (Lipinski definition) is 4. The molecule has 0 radical (unpaired) electrons. The largest absolute Gasteiger partial charge is 0.355 e. The van der Waals surface area contributed by atoms with E-state index in [0.29, 0.717) is 25.6 Å². The van der Waals surface area contributed by atoms with Crippen LogP contribution in [0.1, 0.15) is 19.8 Å². The summed E-state index contributed by atoms with van der Waals surface area (Å²) in [7, 11) is 1.97. The van der Waals surface area contributed by atoms with Crippen molar-refractivity contribution in [2.75, 3.05) is 46.3 Å². The number of amides is 2. The summed E-state index contributed by atoms with van der Waals surface area (Å²) in [6, 6.07) is 0. The predicted molar refractivity (Wildman–Crippen MR) is 74.8 cm³/mol. The number of hydrogen-bond donors (Lipinski definition) is 3. The Hall–Kier alpha value is -1.14. The lowest BCUT2D eigenvalue weighted by atomic mass is 9.99. The number of carbonyl (C=O) groups is 2. The summed E-state index contributed by atoms with van der Waals surface area (Å²) in [4.78, 5) is 24.4. The van der Waals surface area contributed by atoms with Crippen molar-refractivity contribution in [2.24, 2.45) is 5.92 Å². The van der Waals surface area contributed by atoms with E-state index in [0.717, 1.165) is 19.6 Å². The van der Waals surface area contributed by atoms with E-state index in [1.807, 2.05) is 7.05 Å². The summed E-state index contributed by atoms with van der Waals surface area (Å²) >= 11 is 0. The van der Waals surface area contributed by atoms with Gasteiger partial charge in [-0.05, 0) is 38.9 Å². The van der Waals surface area contributed by atoms with Gasteiger partial charge in [-0.3, -0.25) is 14.5 Å². The summed E-state index contributed by atoms with van der Waals surface area (Å²) in [5.41, 5.74) is 0. The molecule has 19 heavy (non-hydrogen) atoms. The van der Waals surface area contributed by atoms with Crippen LogP contribution in [0.15, 0.2) is 0 Å². The topological polar surface area (TPSA) is 73.5 Å². The molecule has 0 aromatic heterocycles. The first-order chi connectivity index (χ1) is 9.08. The summed E-state index contributed by atoms with van der Waals surface area (Å²) in [6.07, 6.45) is 2.46. The fraction of sp³-hybridized carbons (Fsp3) is 0.846. The van der Waals surface area contributed by atoms with E-state index in [1.165, 1.54) is 19.8 Å². The molecule has 1 rings (SSSR count). The molecule has 0 bridgehead atoms.